The number of hydrogen-bond donors (Lipinski definition) is 3. The largest absolute Gasteiger partial charge is 0.388 e. The summed E-state index contributed by atoms with van der Waals surface area (Å²) in [5.74, 6) is -1.52. The molecule has 0 aliphatic carbocycles. The minimum absolute atomic E-state index is 0.191. The molecule has 126 valence electrons. The van der Waals surface area contributed by atoms with Crippen molar-refractivity contribution >= 4 is 29.1 Å². The van der Waals surface area contributed by atoms with Gasteiger partial charge in [0, 0.05) is 17.3 Å². The average Bonchev–Trinajstić information content (AvgIpc) is 2.59. The summed E-state index contributed by atoms with van der Waals surface area (Å²) < 4.78 is 0. The molecular formula is C18H19ClN2O3. The summed E-state index contributed by atoms with van der Waals surface area (Å²) in [6.07, 6.45) is -0.371. The lowest BCUT2D eigenvalue weighted by atomic mass is 10.1. The normalized spacial score (nSPS) is 11.6. The number of carbonyl (C=O) groups is 2. The molecule has 24 heavy (non-hydrogen) atoms. The topological polar surface area (TPSA) is 78.4 Å². The maximum Gasteiger partial charge on any atom is 0.313 e. The Balaban J connectivity index is 1.82. The Labute approximate surface area is 145 Å². The van der Waals surface area contributed by atoms with E-state index >= 15 is 0 Å². The molecule has 0 aliphatic rings. The number of carbonyl (C=O) groups excluding carboxylic acids is 2. The van der Waals surface area contributed by atoms with Gasteiger partial charge in [0.05, 0.1) is 6.10 Å². The SMILES string of the molecule is Cc1c(Cl)cccc1NC(=O)C(=O)NCC[C@H](O)c1ccccc1. The minimum atomic E-state index is -0.769. The molecule has 0 radical (unpaired) electrons. The quantitative estimate of drug-likeness (QED) is 0.728. The second-order valence-electron chi connectivity index (χ2n) is 5.34. The molecule has 2 aromatic carbocycles. The second kappa shape index (κ2) is 8.47. The van der Waals surface area contributed by atoms with Gasteiger partial charge in [-0.1, -0.05) is 48.0 Å². The molecule has 0 saturated heterocycles. The zero-order valence-electron chi connectivity index (χ0n) is 13.3. The third-order valence-corrected chi connectivity index (χ3v) is 4.02. The van der Waals surface area contributed by atoms with Crippen LogP contribution in [0, 0.1) is 6.92 Å². The molecule has 0 aliphatic heterocycles. The van der Waals surface area contributed by atoms with Crippen LogP contribution in [0.3, 0.4) is 0 Å². The van der Waals surface area contributed by atoms with Crippen molar-refractivity contribution in [3.05, 3.63) is 64.7 Å². The Kier molecular flexibility index (Phi) is 6.35. The minimum Gasteiger partial charge on any atom is -0.388 e. The van der Waals surface area contributed by atoms with Crippen molar-refractivity contribution in [2.75, 3.05) is 11.9 Å². The fourth-order valence-corrected chi connectivity index (χ4v) is 2.34. The van der Waals surface area contributed by atoms with Gasteiger partial charge in [0.2, 0.25) is 0 Å². The van der Waals surface area contributed by atoms with Crippen LogP contribution in [0.25, 0.3) is 0 Å². The smallest absolute Gasteiger partial charge is 0.313 e. The molecule has 0 fully saturated rings. The summed E-state index contributed by atoms with van der Waals surface area (Å²) in [4.78, 5) is 23.7. The number of benzene rings is 2. The van der Waals surface area contributed by atoms with Gasteiger partial charge in [-0.15, -0.1) is 0 Å². The van der Waals surface area contributed by atoms with Crippen LogP contribution < -0.4 is 10.6 Å². The van der Waals surface area contributed by atoms with E-state index in [2.05, 4.69) is 10.6 Å². The number of aliphatic hydroxyl groups is 1. The van der Waals surface area contributed by atoms with Gasteiger partial charge in [-0.2, -0.15) is 0 Å². The number of amides is 2. The Bertz CT molecular complexity index is 719. The lowest BCUT2D eigenvalue weighted by molar-refractivity contribution is -0.136. The van der Waals surface area contributed by atoms with Crippen molar-refractivity contribution in [1.29, 1.82) is 0 Å². The van der Waals surface area contributed by atoms with Crippen LogP contribution in [0.5, 0.6) is 0 Å². The summed E-state index contributed by atoms with van der Waals surface area (Å²) in [5.41, 5.74) is 1.96. The van der Waals surface area contributed by atoms with Crippen molar-refractivity contribution < 1.29 is 14.7 Å². The fourth-order valence-electron chi connectivity index (χ4n) is 2.17. The Hall–Kier alpha value is -2.37. The summed E-state index contributed by atoms with van der Waals surface area (Å²) in [6, 6.07) is 14.2. The highest BCUT2D eigenvalue weighted by Crippen LogP contribution is 2.22. The Morgan fingerprint density at radius 1 is 1.08 bits per heavy atom. The highest BCUT2D eigenvalue weighted by Gasteiger charge is 2.15. The molecule has 0 unspecified atom stereocenters. The molecule has 0 bridgehead atoms. The fraction of sp³-hybridized carbons (Fsp3) is 0.222. The molecule has 0 heterocycles. The lowest BCUT2D eigenvalue weighted by Crippen LogP contribution is -2.36. The number of rotatable bonds is 5. The van der Waals surface area contributed by atoms with E-state index in [4.69, 9.17) is 11.6 Å². The molecule has 0 saturated carbocycles. The highest BCUT2D eigenvalue weighted by molar-refractivity contribution is 6.40. The van der Waals surface area contributed by atoms with Gasteiger partial charge in [-0.05, 0) is 36.6 Å². The van der Waals surface area contributed by atoms with Gasteiger partial charge >= 0.3 is 11.8 Å². The summed E-state index contributed by atoms with van der Waals surface area (Å²) in [6.45, 7) is 1.95. The first-order chi connectivity index (χ1) is 11.5. The predicted molar refractivity (Wildman–Crippen MR) is 93.8 cm³/mol. The zero-order chi connectivity index (χ0) is 17.5. The van der Waals surface area contributed by atoms with Gasteiger partial charge in [0.25, 0.3) is 0 Å². The van der Waals surface area contributed by atoms with Crippen molar-refractivity contribution in [3.8, 4) is 0 Å². The van der Waals surface area contributed by atoms with Crippen LogP contribution in [-0.4, -0.2) is 23.5 Å². The van der Waals surface area contributed by atoms with Gasteiger partial charge in [-0.25, -0.2) is 0 Å². The van der Waals surface area contributed by atoms with E-state index in [1.165, 1.54) is 0 Å². The van der Waals surface area contributed by atoms with E-state index in [-0.39, 0.29) is 6.54 Å². The van der Waals surface area contributed by atoms with E-state index in [0.29, 0.717) is 22.7 Å². The number of hydrogen-bond acceptors (Lipinski definition) is 3. The monoisotopic (exact) mass is 346 g/mol. The number of aliphatic hydroxyl groups excluding tert-OH is 1. The van der Waals surface area contributed by atoms with Crippen molar-refractivity contribution in [2.24, 2.45) is 0 Å². The Morgan fingerprint density at radius 3 is 2.50 bits per heavy atom. The molecule has 6 heteroatoms. The second-order valence-corrected chi connectivity index (χ2v) is 5.74. The zero-order valence-corrected chi connectivity index (χ0v) is 14.0. The molecule has 3 N–H and O–H groups in total. The third kappa shape index (κ3) is 4.81. The molecule has 1 atom stereocenters. The molecule has 0 aromatic heterocycles. The van der Waals surface area contributed by atoms with Crippen LogP contribution in [0.4, 0.5) is 5.69 Å². The van der Waals surface area contributed by atoms with Crippen molar-refractivity contribution in [2.45, 2.75) is 19.4 Å². The molecular weight excluding hydrogens is 328 g/mol. The van der Waals surface area contributed by atoms with Crippen molar-refractivity contribution in [3.63, 3.8) is 0 Å². The van der Waals surface area contributed by atoms with E-state index < -0.39 is 17.9 Å². The van der Waals surface area contributed by atoms with Gasteiger partial charge in [-0.3, -0.25) is 9.59 Å². The van der Waals surface area contributed by atoms with Crippen LogP contribution >= 0.6 is 11.6 Å². The highest BCUT2D eigenvalue weighted by atomic mass is 35.5. The average molecular weight is 347 g/mol. The predicted octanol–water partition coefficient (Wildman–Crippen LogP) is 2.83. The first-order valence-electron chi connectivity index (χ1n) is 7.56. The van der Waals surface area contributed by atoms with Gasteiger partial charge in [0.1, 0.15) is 0 Å². The van der Waals surface area contributed by atoms with Crippen LogP contribution in [0.2, 0.25) is 5.02 Å². The molecule has 2 amide bonds. The van der Waals surface area contributed by atoms with E-state index in [9.17, 15) is 14.7 Å². The number of nitrogens with one attached hydrogen (secondary N) is 2. The molecule has 0 spiro atoms. The van der Waals surface area contributed by atoms with Crippen LogP contribution in [0.15, 0.2) is 48.5 Å². The maximum absolute atomic E-state index is 11.9. The lowest BCUT2D eigenvalue weighted by Gasteiger charge is -2.12. The van der Waals surface area contributed by atoms with Crippen LogP contribution in [-0.2, 0) is 9.59 Å². The summed E-state index contributed by atoms with van der Waals surface area (Å²) in [7, 11) is 0. The summed E-state index contributed by atoms with van der Waals surface area (Å²) in [5, 5.41) is 15.5. The van der Waals surface area contributed by atoms with Gasteiger partial charge < -0.3 is 15.7 Å². The number of halogens is 1. The van der Waals surface area contributed by atoms with Crippen LogP contribution in [0.1, 0.15) is 23.7 Å². The van der Waals surface area contributed by atoms with E-state index in [1.807, 2.05) is 18.2 Å². The van der Waals surface area contributed by atoms with E-state index in [1.54, 1.807) is 37.3 Å². The van der Waals surface area contributed by atoms with E-state index in [0.717, 1.165) is 5.56 Å². The standard InChI is InChI=1S/C18H19ClN2O3/c1-12-14(19)8-5-9-15(12)21-18(24)17(23)20-11-10-16(22)13-6-3-2-4-7-13/h2-9,16,22H,10-11H2,1H3,(H,20,23)(H,21,24)/t16-/m0/s1. The molecule has 2 aromatic rings. The molecule has 2 rings (SSSR count). The maximum atomic E-state index is 11.9. The third-order valence-electron chi connectivity index (χ3n) is 3.61. The molecule has 5 nitrogen and oxygen atoms in total. The summed E-state index contributed by atoms with van der Waals surface area (Å²) >= 11 is 5.97. The number of anilines is 1. The first-order valence-corrected chi connectivity index (χ1v) is 7.94. The van der Waals surface area contributed by atoms with Crippen molar-refractivity contribution in [1.82, 2.24) is 5.32 Å². The van der Waals surface area contributed by atoms with Gasteiger partial charge in [0.15, 0.2) is 0 Å². The Morgan fingerprint density at radius 2 is 1.79 bits per heavy atom. The first kappa shape index (κ1) is 18.0.